The van der Waals surface area contributed by atoms with Crippen molar-refractivity contribution in [2.75, 3.05) is 6.54 Å². The minimum Gasteiger partial charge on any atom is -0.281 e. The molecule has 2 aliphatic rings. The minimum absolute atomic E-state index is 0.864. The Morgan fingerprint density at radius 1 is 1.20 bits per heavy atom. The number of allylic oxidation sites excluding steroid dienone is 4. The monoisotopic (exact) mass is 132 g/mol. The van der Waals surface area contributed by atoms with Gasteiger partial charge in [0.05, 0.1) is 12.2 Å². The Morgan fingerprint density at radius 3 is 3.10 bits per heavy atom. The largest absolute Gasteiger partial charge is 0.281 e. The van der Waals surface area contributed by atoms with Gasteiger partial charge in [-0.3, -0.25) is 5.32 Å². The quantitative estimate of drug-likeness (QED) is 0.477. The molecule has 1 radical (unpaired) electrons. The van der Waals surface area contributed by atoms with Gasteiger partial charge in [-0.05, 0) is 24.5 Å². The average Bonchev–Trinajstić information content (AvgIpc) is 2.05. The van der Waals surface area contributed by atoms with E-state index in [1.165, 1.54) is 24.1 Å². The van der Waals surface area contributed by atoms with Gasteiger partial charge in [0.1, 0.15) is 0 Å². The van der Waals surface area contributed by atoms with Gasteiger partial charge < -0.3 is 0 Å². The van der Waals surface area contributed by atoms with E-state index >= 15 is 0 Å². The molecule has 0 fully saturated rings. The molecule has 0 aromatic heterocycles. The van der Waals surface area contributed by atoms with Gasteiger partial charge in [0.15, 0.2) is 0 Å². The fourth-order valence-electron chi connectivity index (χ4n) is 1.34. The van der Waals surface area contributed by atoms with E-state index in [-0.39, 0.29) is 0 Å². The van der Waals surface area contributed by atoms with E-state index < -0.39 is 0 Å². The smallest absolute Gasteiger partial charge is 0.0606 e. The predicted molar refractivity (Wildman–Crippen MR) is 41.5 cm³/mol. The predicted octanol–water partition coefficient (Wildman–Crippen LogP) is 1.76. The van der Waals surface area contributed by atoms with E-state index in [1.54, 1.807) is 0 Å². The standard InChI is InChI=1S/C9H10N/c1-2-6-9-8(4-1)5-3-7-10-9/h2-3,5-6H,1,4,7H2. The first-order valence-electron chi connectivity index (χ1n) is 3.70. The maximum Gasteiger partial charge on any atom is 0.0606 e. The van der Waals surface area contributed by atoms with Crippen molar-refractivity contribution in [1.29, 1.82) is 0 Å². The van der Waals surface area contributed by atoms with Crippen LogP contribution >= 0.6 is 0 Å². The fourth-order valence-corrected chi connectivity index (χ4v) is 1.34. The van der Waals surface area contributed by atoms with Gasteiger partial charge in [-0.15, -0.1) is 0 Å². The molecule has 1 heteroatoms. The average molecular weight is 132 g/mol. The Morgan fingerprint density at radius 2 is 2.20 bits per heavy atom. The molecule has 0 saturated heterocycles. The Bertz CT molecular complexity index is 197. The maximum absolute atomic E-state index is 4.36. The Hall–Kier alpha value is -0.980. The van der Waals surface area contributed by atoms with E-state index in [1.807, 2.05) is 0 Å². The second-order valence-electron chi connectivity index (χ2n) is 2.59. The molecule has 10 heavy (non-hydrogen) atoms. The topological polar surface area (TPSA) is 14.1 Å². The van der Waals surface area contributed by atoms with Crippen LogP contribution in [0.15, 0.2) is 35.6 Å². The molecular weight excluding hydrogens is 122 g/mol. The molecule has 0 aromatic carbocycles. The van der Waals surface area contributed by atoms with Crippen molar-refractivity contribution in [1.82, 2.24) is 5.32 Å². The lowest BCUT2D eigenvalue weighted by Gasteiger charge is -2.15. The van der Waals surface area contributed by atoms with Crippen LogP contribution in [0, 0.1) is 0 Å². The van der Waals surface area contributed by atoms with Crippen molar-refractivity contribution in [3.63, 3.8) is 0 Å². The molecule has 1 nitrogen and oxygen atoms in total. The second-order valence-corrected chi connectivity index (χ2v) is 2.59. The number of hydrogen-bond acceptors (Lipinski definition) is 0. The van der Waals surface area contributed by atoms with Gasteiger partial charge in [0.2, 0.25) is 0 Å². The zero-order valence-electron chi connectivity index (χ0n) is 5.88. The highest BCUT2D eigenvalue weighted by atomic mass is 14.9. The Kier molecular flexibility index (Phi) is 1.35. The highest BCUT2D eigenvalue weighted by Crippen LogP contribution is 2.20. The van der Waals surface area contributed by atoms with E-state index in [2.05, 4.69) is 29.6 Å². The normalized spacial score (nSPS) is 22.4. The van der Waals surface area contributed by atoms with Crippen molar-refractivity contribution in [2.24, 2.45) is 0 Å². The van der Waals surface area contributed by atoms with Crippen LogP contribution in [-0.4, -0.2) is 6.54 Å². The fraction of sp³-hybridized carbons (Fsp3) is 0.333. The van der Waals surface area contributed by atoms with Gasteiger partial charge in [-0.25, -0.2) is 0 Å². The molecule has 2 rings (SSSR count). The summed E-state index contributed by atoms with van der Waals surface area (Å²) in [6.45, 7) is 0.864. The van der Waals surface area contributed by atoms with Crippen LogP contribution in [0.4, 0.5) is 0 Å². The molecule has 0 saturated carbocycles. The van der Waals surface area contributed by atoms with E-state index in [9.17, 15) is 0 Å². The maximum atomic E-state index is 4.36. The third-order valence-corrected chi connectivity index (χ3v) is 1.87. The first kappa shape index (κ1) is 5.78. The third-order valence-electron chi connectivity index (χ3n) is 1.87. The molecule has 1 aliphatic carbocycles. The Balaban J connectivity index is 2.32. The zero-order chi connectivity index (χ0) is 6.81. The minimum atomic E-state index is 0.864. The molecule has 0 spiro atoms. The molecule has 0 unspecified atom stereocenters. The lowest BCUT2D eigenvalue weighted by Crippen LogP contribution is -2.11. The van der Waals surface area contributed by atoms with E-state index in [0.29, 0.717) is 0 Å². The Labute approximate surface area is 61.1 Å². The second kappa shape index (κ2) is 2.33. The van der Waals surface area contributed by atoms with Crippen molar-refractivity contribution < 1.29 is 0 Å². The summed E-state index contributed by atoms with van der Waals surface area (Å²) in [5.41, 5.74) is 2.61. The highest BCUT2D eigenvalue weighted by molar-refractivity contribution is 5.37. The number of hydrogen-bond donors (Lipinski definition) is 0. The highest BCUT2D eigenvalue weighted by Gasteiger charge is 2.08. The summed E-state index contributed by atoms with van der Waals surface area (Å²) in [6.07, 6.45) is 11.0. The van der Waals surface area contributed by atoms with Gasteiger partial charge in [0.25, 0.3) is 0 Å². The molecule has 51 valence electrons. The molecule has 0 atom stereocenters. The van der Waals surface area contributed by atoms with Crippen molar-refractivity contribution in [3.05, 3.63) is 35.6 Å². The summed E-state index contributed by atoms with van der Waals surface area (Å²) < 4.78 is 0. The van der Waals surface area contributed by atoms with Gasteiger partial charge in [0, 0.05) is 0 Å². The number of rotatable bonds is 0. The summed E-state index contributed by atoms with van der Waals surface area (Å²) in [5, 5.41) is 4.36. The van der Waals surface area contributed by atoms with Crippen molar-refractivity contribution in [3.8, 4) is 0 Å². The zero-order valence-corrected chi connectivity index (χ0v) is 5.88. The number of nitrogens with zero attached hydrogens (tertiary/aromatic N) is 1. The summed E-state index contributed by atoms with van der Waals surface area (Å²) in [7, 11) is 0. The first-order chi connectivity index (χ1) is 4.97. The summed E-state index contributed by atoms with van der Waals surface area (Å²) in [5.74, 6) is 0. The SMILES string of the molecule is C1=CC2=C(C=CC[N]2)CC1. The van der Waals surface area contributed by atoms with Crippen LogP contribution < -0.4 is 5.32 Å². The van der Waals surface area contributed by atoms with Crippen molar-refractivity contribution in [2.45, 2.75) is 12.8 Å². The lowest BCUT2D eigenvalue weighted by molar-refractivity contribution is 0.831. The molecule has 0 N–H and O–H groups in total. The summed E-state index contributed by atoms with van der Waals surface area (Å²) in [6, 6.07) is 0. The van der Waals surface area contributed by atoms with E-state index in [0.717, 1.165) is 6.54 Å². The van der Waals surface area contributed by atoms with Crippen LogP contribution in [0.25, 0.3) is 0 Å². The van der Waals surface area contributed by atoms with Crippen LogP contribution in [-0.2, 0) is 0 Å². The van der Waals surface area contributed by atoms with Crippen LogP contribution in [0.2, 0.25) is 0 Å². The first-order valence-corrected chi connectivity index (χ1v) is 3.70. The molecule has 1 aliphatic heterocycles. The van der Waals surface area contributed by atoms with E-state index in [4.69, 9.17) is 0 Å². The molecule has 0 amide bonds. The van der Waals surface area contributed by atoms with Crippen LogP contribution in [0.1, 0.15) is 12.8 Å². The molecule has 0 bridgehead atoms. The molecule has 0 aromatic rings. The lowest BCUT2D eigenvalue weighted by atomic mass is 10.00. The van der Waals surface area contributed by atoms with Crippen LogP contribution in [0.5, 0.6) is 0 Å². The van der Waals surface area contributed by atoms with Crippen LogP contribution in [0.3, 0.4) is 0 Å². The van der Waals surface area contributed by atoms with Gasteiger partial charge >= 0.3 is 0 Å². The van der Waals surface area contributed by atoms with Crippen molar-refractivity contribution >= 4 is 0 Å². The summed E-state index contributed by atoms with van der Waals surface area (Å²) in [4.78, 5) is 0. The third kappa shape index (κ3) is 0.878. The van der Waals surface area contributed by atoms with Gasteiger partial charge in [-0.2, -0.15) is 0 Å². The molecule has 1 heterocycles. The summed E-state index contributed by atoms with van der Waals surface area (Å²) >= 11 is 0. The van der Waals surface area contributed by atoms with Gasteiger partial charge in [-0.1, -0.05) is 18.2 Å². The molecular formula is C9H10N.